The summed E-state index contributed by atoms with van der Waals surface area (Å²) in [7, 11) is 0. The Morgan fingerprint density at radius 2 is 2.08 bits per heavy atom. The van der Waals surface area contributed by atoms with Gasteiger partial charge in [-0.25, -0.2) is 4.39 Å². The summed E-state index contributed by atoms with van der Waals surface area (Å²) in [5.74, 6) is -0.224. The van der Waals surface area contributed by atoms with Crippen molar-refractivity contribution in [1.29, 1.82) is 0 Å². The second-order valence-corrected chi connectivity index (χ2v) is 6.56. The number of benzene rings is 2. The van der Waals surface area contributed by atoms with E-state index in [4.69, 9.17) is 27.9 Å². The Hall–Kier alpha value is -1.53. The van der Waals surface area contributed by atoms with E-state index in [0.29, 0.717) is 34.3 Å². The van der Waals surface area contributed by atoms with E-state index in [0.717, 1.165) is 12.1 Å². The average Bonchev–Trinajstić information content (AvgIpc) is 2.59. The summed E-state index contributed by atoms with van der Waals surface area (Å²) in [5.41, 5.74) is 1.80. The van der Waals surface area contributed by atoms with Crippen LogP contribution in [0.1, 0.15) is 17.5 Å². The fourth-order valence-corrected chi connectivity index (χ4v) is 3.15. The largest absolute Gasteiger partial charge is 0.491 e. The summed E-state index contributed by atoms with van der Waals surface area (Å²) in [5, 5.41) is 6.68. The Bertz CT molecular complexity index is 802. The molecule has 140 valence electrons. The van der Waals surface area contributed by atoms with Gasteiger partial charge in [-0.3, -0.25) is 4.79 Å². The second kappa shape index (κ2) is 9.42. The molecule has 0 spiro atoms. The number of carbonyl (C=O) groups is 1. The molecule has 0 saturated carbocycles. The third-order valence-corrected chi connectivity index (χ3v) is 4.49. The van der Waals surface area contributed by atoms with E-state index in [1.54, 1.807) is 24.3 Å². The molecule has 2 aromatic carbocycles. The summed E-state index contributed by atoms with van der Waals surface area (Å²) in [6, 6.07) is 8.29. The van der Waals surface area contributed by atoms with E-state index < -0.39 is 0 Å². The number of halogens is 4. The topological polar surface area (TPSA) is 50.4 Å². The Morgan fingerprint density at radius 1 is 1.27 bits per heavy atom. The SMILES string of the molecule is Cl.O=C(CCOc1ccc(Cl)cc1Cl)Nc1ccc2c(c1F)CCNC2. The summed E-state index contributed by atoms with van der Waals surface area (Å²) in [6.45, 7) is 1.51. The lowest BCUT2D eigenvalue weighted by Crippen LogP contribution is -2.25. The summed E-state index contributed by atoms with van der Waals surface area (Å²) in [4.78, 5) is 12.0. The number of nitrogens with one attached hydrogen (secondary N) is 2. The highest BCUT2D eigenvalue weighted by Crippen LogP contribution is 2.28. The lowest BCUT2D eigenvalue weighted by atomic mass is 9.99. The first-order valence-corrected chi connectivity index (χ1v) is 8.69. The highest BCUT2D eigenvalue weighted by atomic mass is 35.5. The monoisotopic (exact) mass is 418 g/mol. The number of rotatable bonds is 5. The van der Waals surface area contributed by atoms with Crippen molar-refractivity contribution >= 4 is 47.2 Å². The fraction of sp³-hybridized carbons (Fsp3) is 0.278. The van der Waals surface area contributed by atoms with Crippen LogP contribution < -0.4 is 15.4 Å². The van der Waals surface area contributed by atoms with Crippen LogP contribution in [0.15, 0.2) is 30.3 Å². The normalized spacial score (nSPS) is 12.7. The van der Waals surface area contributed by atoms with Gasteiger partial charge in [-0.05, 0) is 48.4 Å². The Balaban J connectivity index is 0.00000243. The summed E-state index contributed by atoms with van der Waals surface area (Å²) < 4.78 is 20.0. The van der Waals surface area contributed by atoms with Crippen molar-refractivity contribution in [3.63, 3.8) is 0 Å². The smallest absolute Gasteiger partial charge is 0.227 e. The van der Waals surface area contributed by atoms with Gasteiger partial charge in [0.25, 0.3) is 0 Å². The van der Waals surface area contributed by atoms with E-state index >= 15 is 0 Å². The molecule has 1 amide bonds. The minimum Gasteiger partial charge on any atom is -0.491 e. The maximum absolute atomic E-state index is 14.5. The zero-order chi connectivity index (χ0) is 17.8. The minimum absolute atomic E-state index is 0. The number of anilines is 1. The fourth-order valence-electron chi connectivity index (χ4n) is 2.69. The Labute approximate surface area is 167 Å². The Kier molecular flexibility index (Phi) is 7.53. The van der Waals surface area contributed by atoms with Gasteiger partial charge in [-0.2, -0.15) is 0 Å². The van der Waals surface area contributed by atoms with Gasteiger partial charge in [-0.15, -0.1) is 12.4 Å². The second-order valence-electron chi connectivity index (χ2n) is 5.71. The van der Waals surface area contributed by atoms with Crippen molar-refractivity contribution < 1.29 is 13.9 Å². The maximum Gasteiger partial charge on any atom is 0.227 e. The lowest BCUT2D eigenvalue weighted by Gasteiger charge is -2.19. The van der Waals surface area contributed by atoms with E-state index in [1.165, 1.54) is 0 Å². The first kappa shape index (κ1) is 20.8. The molecule has 0 radical (unpaired) electrons. The molecule has 26 heavy (non-hydrogen) atoms. The molecular formula is C18H18Cl3FN2O2. The molecule has 1 heterocycles. The lowest BCUT2D eigenvalue weighted by molar-refractivity contribution is -0.116. The molecule has 0 bridgehead atoms. The Morgan fingerprint density at radius 3 is 2.85 bits per heavy atom. The molecule has 3 rings (SSSR count). The number of ether oxygens (including phenoxy) is 1. The zero-order valence-corrected chi connectivity index (χ0v) is 16.1. The number of carbonyl (C=O) groups excluding carboxylic acids is 1. The first-order valence-electron chi connectivity index (χ1n) is 7.93. The van der Waals surface area contributed by atoms with Gasteiger partial charge in [0.1, 0.15) is 11.6 Å². The molecule has 0 aliphatic carbocycles. The van der Waals surface area contributed by atoms with Crippen molar-refractivity contribution in [2.75, 3.05) is 18.5 Å². The molecule has 0 saturated heterocycles. The van der Waals surface area contributed by atoms with E-state index in [-0.39, 0.29) is 42.8 Å². The summed E-state index contributed by atoms with van der Waals surface area (Å²) in [6.07, 6.45) is 0.695. The highest BCUT2D eigenvalue weighted by molar-refractivity contribution is 6.35. The van der Waals surface area contributed by atoms with Crippen molar-refractivity contribution in [2.45, 2.75) is 19.4 Å². The quantitative estimate of drug-likeness (QED) is 0.744. The van der Waals surface area contributed by atoms with Crippen molar-refractivity contribution in [3.05, 3.63) is 57.3 Å². The van der Waals surface area contributed by atoms with Crippen LogP contribution >= 0.6 is 35.6 Å². The zero-order valence-electron chi connectivity index (χ0n) is 13.8. The van der Waals surface area contributed by atoms with Gasteiger partial charge in [-0.1, -0.05) is 29.3 Å². The van der Waals surface area contributed by atoms with Gasteiger partial charge < -0.3 is 15.4 Å². The predicted molar refractivity (Wildman–Crippen MR) is 104 cm³/mol. The standard InChI is InChI=1S/C18H17Cl2FN2O2.ClH/c19-12-2-4-16(14(20)9-12)25-8-6-17(24)23-15-3-1-11-10-22-7-5-13(11)18(15)21;/h1-4,9,22H,5-8,10H2,(H,23,24);1H. The van der Waals surface area contributed by atoms with Gasteiger partial charge >= 0.3 is 0 Å². The maximum atomic E-state index is 14.5. The average molecular weight is 420 g/mol. The molecular weight excluding hydrogens is 402 g/mol. The van der Waals surface area contributed by atoms with Crippen molar-refractivity contribution in [1.82, 2.24) is 5.32 Å². The highest BCUT2D eigenvalue weighted by Gasteiger charge is 2.17. The van der Waals surface area contributed by atoms with Gasteiger partial charge in [0.2, 0.25) is 5.91 Å². The van der Waals surface area contributed by atoms with Crippen LogP contribution in [0.25, 0.3) is 0 Å². The van der Waals surface area contributed by atoms with Crippen LogP contribution in [0, 0.1) is 5.82 Å². The van der Waals surface area contributed by atoms with E-state index in [9.17, 15) is 9.18 Å². The van der Waals surface area contributed by atoms with Crippen LogP contribution in [0.3, 0.4) is 0 Å². The number of amides is 1. The third-order valence-electron chi connectivity index (χ3n) is 3.96. The molecule has 2 aromatic rings. The molecule has 1 aliphatic heterocycles. The molecule has 4 nitrogen and oxygen atoms in total. The van der Waals surface area contributed by atoms with E-state index in [1.807, 2.05) is 6.07 Å². The molecule has 2 N–H and O–H groups in total. The number of hydrogen-bond acceptors (Lipinski definition) is 3. The molecule has 8 heteroatoms. The van der Waals surface area contributed by atoms with Crippen LogP contribution in [0.2, 0.25) is 10.0 Å². The molecule has 0 fully saturated rings. The molecule has 0 atom stereocenters. The number of hydrogen-bond donors (Lipinski definition) is 2. The molecule has 0 aromatic heterocycles. The van der Waals surface area contributed by atoms with Crippen LogP contribution in [-0.2, 0) is 17.8 Å². The predicted octanol–water partition coefficient (Wildman–Crippen LogP) is 4.61. The third kappa shape index (κ3) is 5.01. The van der Waals surface area contributed by atoms with Crippen LogP contribution in [0.4, 0.5) is 10.1 Å². The van der Waals surface area contributed by atoms with Gasteiger partial charge in [0.05, 0.1) is 23.7 Å². The molecule has 0 unspecified atom stereocenters. The van der Waals surface area contributed by atoms with E-state index in [2.05, 4.69) is 10.6 Å². The summed E-state index contributed by atoms with van der Waals surface area (Å²) >= 11 is 11.8. The van der Waals surface area contributed by atoms with Crippen LogP contribution in [0.5, 0.6) is 5.75 Å². The molecule has 1 aliphatic rings. The van der Waals surface area contributed by atoms with Crippen molar-refractivity contribution in [2.24, 2.45) is 0 Å². The minimum atomic E-state index is -0.353. The van der Waals surface area contributed by atoms with Gasteiger partial charge in [0.15, 0.2) is 0 Å². The van der Waals surface area contributed by atoms with Gasteiger partial charge in [0, 0.05) is 11.6 Å². The number of fused-ring (bicyclic) bond motifs is 1. The van der Waals surface area contributed by atoms with Crippen LogP contribution in [-0.4, -0.2) is 19.1 Å². The first-order chi connectivity index (χ1) is 12.0. The van der Waals surface area contributed by atoms with Crippen molar-refractivity contribution in [3.8, 4) is 5.75 Å².